The molecule has 2 rings (SSSR count). The number of nitrogens with zero attached hydrogens (tertiary/aromatic N) is 1. The second-order valence-corrected chi connectivity index (χ2v) is 4.08. The molecule has 1 aromatic carbocycles. The van der Waals surface area contributed by atoms with Crippen LogP contribution in [0.4, 0.5) is 18.9 Å². The Morgan fingerprint density at radius 1 is 1.24 bits per heavy atom. The Morgan fingerprint density at radius 3 is 2.57 bits per heavy atom. The summed E-state index contributed by atoms with van der Waals surface area (Å²) in [5, 5.41) is 0. The van der Waals surface area contributed by atoms with Crippen LogP contribution in [-0.2, 0) is 6.18 Å². The van der Waals surface area contributed by atoms with Crippen LogP contribution in [0.2, 0.25) is 0 Å². The van der Waals surface area contributed by atoms with Gasteiger partial charge in [0.2, 0.25) is 5.88 Å². The van der Waals surface area contributed by atoms with Gasteiger partial charge in [0, 0.05) is 11.9 Å². The molecule has 0 saturated heterocycles. The molecule has 1 aromatic heterocycles. The maximum Gasteiger partial charge on any atom is 0.420 e. The third kappa shape index (κ3) is 3.22. The van der Waals surface area contributed by atoms with Crippen molar-refractivity contribution < 1.29 is 22.7 Å². The fraction of sp³-hybridized carbons (Fsp3) is 0.0769. The molecule has 110 valence electrons. The summed E-state index contributed by atoms with van der Waals surface area (Å²) in [6.45, 7) is 0. The van der Waals surface area contributed by atoms with E-state index in [1.165, 1.54) is 24.4 Å². The van der Waals surface area contributed by atoms with Gasteiger partial charge in [-0.05, 0) is 30.3 Å². The van der Waals surface area contributed by atoms with Crippen molar-refractivity contribution >= 4 is 11.6 Å². The molecule has 5 nitrogen and oxygen atoms in total. The van der Waals surface area contributed by atoms with E-state index >= 15 is 0 Å². The summed E-state index contributed by atoms with van der Waals surface area (Å²) in [5.74, 6) is -1.68. The zero-order chi connectivity index (χ0) is 15.6. The standard InChI is InChI=1S/C13H10F3N3O2/c14-13(15,16)9-6-7(17)3-4-10(9)21-12-8(11(18)20)2-1-5-19-12/h1-6H,17H2,(H2,18,20). The molecule has 2 aromatic rings. The summed E-state index contributed by atoms with van der Waals surface area (Å²) >= 11 is 0. The number of alkyl halides is 3. The molecule has 21 heavy (non-hydrogen) atoms. The smallest absolute Gasteiger partial charge is 0.420 e. The van der Waals surface area contributed by atoms with E-state index in [0.717, 1.165) is 12.1 Å². The molecule has 0 fully saturated rings. The second-order valence-electron chi connectivity index (χ2n) is 4.08. The number of hydrogen-bond acceptors (Lipinski definition) is 4. The predicted molar refractivity (Wildman–Crippen MR) is 68.7 cm³/mol. The Hall–Kier alpha value is -2.77. The predicted octanol–water partition coefficient (Wildman–Crippen LogP) is 2.57. The number of anilines is 1. The molecule has 0 bridgehead atoms. The number of ether oxygens (including phenoxy) is 1. The lowest BCUT2D eigenvalue weighted by Gasteiger charge is -2.14. The van der Waals surface area contributed by atoms with Crippen molar-refractivity contribution in [2.45, 2.75) is 6.18 Å². The third-order valence-corrected chi connectivity index (χ3v) is 2.55. The Balaban J connectivity index is 2.48. The lowest BCUT2D eigenvalue weighted by atomic mass is 10.1. The number of hydrogen-bond donors (Lipinski definition) is 2. The minimum Gasteiger partial charge on any atom is -0.438 e. The van der Waals surface area contributed by atoms with Gasteiger partial charge < -0.3 is 16.2 Å². The second kappa shape index (κ2) is 5.31. The van der Waals surface area contributed by atoms with E-state index in [9.17, 15) is 18.0 Å². The number of halogens is 3. The van der Waals surface area contributed by atoms with Crippen molar-refractivity contribution in [1.82, 2.24) is 4.98 Å². The van der Waals surface area contributed by atoms with Gasteiger partial charge in [-0.3, -0.25) is 4.79 Å². The lowest BCUT2D eigenvalue weighted by molar-refractivity contribution is -0.138. The minimum absolute atomic E-state index is 0.0641. The van der Waals surface area contributed by atoms with Crippen molar-refractivity contribution in [2.24, 2.45) is 5.73 Å². The molecule has 0 radical (unpaired) electrons. The van der Waals surface area contributed by atoms with E-state index in [4.69, 9.17) is 16.2 Å². The Labute approximate surface area is 117 Å². The number of amides is 1. The first-order valence-corrected chi connectivity index (χ1v) is 5.68. The average Bonchev–Trinajstić information content (AvgIpc) is 2.40. The van der Waals surface area contributed by atoms with Gasteiger partial charge in [0.05, 0.1) is 0 Å². The lowest BCUT2D eigenvalue weighted by Crippen LogP contribution is -2.14. The molecule has 0 aliphatic heterocycles. The number of nitrogens with two attached hydrogens (primary N) is 2. The van der Waals surface area contributed by atoms with E-state index in [0.29, 0.717) is 0 Å². The third-order valence-electron chi connectivity index (χ3n) is 2.55. The zero-order valence-electron chi connectivity index (χ0n) is 10.5. The van der Waals surface area contributed by atoms with Crippen molar-refractivity contribution in [2.75, 3.05) is 5.73 Å². The van der Waals surface area contributed by atoms with Crippen LogP contribution in [0.1, 0.15) is 15.9 Å². The van der Waals surface area contributed by atoms with Crippen LogP contribution in [-0.4, -0.2) is 10.9 Å². The number of aromatic nitrogens is 1. The Bertz CT molecular complexity index is 687. The highest BCUT2D eigenvalue weighted by Gasteiger charge is 2.35. The fourth-order valence-electron chi connectivity index (χ4n) is 1.62. The highest BCUT2D eigenvalue weighted by molar-refractivity contribution is 5.95. The van der Waals surface area contributed by atoms with Crippen molar-refractivity contribution in [3.8, 4) is 11.6 Å². The minimum atomic E-state index is -4.66. The van der Waals surface area contributed by atoms with Gasteiger partial charge in [-0.15, -0.1) is 0 Å². The molecular weight excluding hydrogens is 287 g/mol. The summed E-state index contributed by atoms with van der Waals surface area (Å²) in [6.07, 6.45) is -3.39. The summed E-state index contributed by atoms with van der Waals surface area (Å²) in [6, 6.07) is 5.76. The summed E-state index contributed by atoms with van der Waals surface area (Å²) in [5.41, 5.74) is 9.21. The molecule has 0 spiro atoms. The van der Waals surface area contributed by atoms with E-state index in [1.54, 1.807) is 0 Å². The van der Waals surface area contributed by atoms with Crippen LogP contribution in [0, 0.1) is 0 Å². The van der Waals surface area contributed by atoms with Gasteiger partial charge in [0.1, 0.15) is 16.9 Å². The highest BCUT2D eigenvalue weighted by Crippen LogP contribution is 2.39. The summed E-state index contributed by atoms with van der Waals surface area (Å²) in [4.78, 5) is 14.9. The molecular formula is C13H10F3N3O2. The zero-order valence-corrected chi connectivity index (χ0v) is 10.5. The Kier molecular flexibility index (Phi) is 3.70. The van der Waals surface area contributed by atoms with Crippen molar-refractivity contribution in [3.05, 3.63) is 47.7 Å². The van der Waals surface area contributed by atoms with Crippen LogP contribution in [0.25, 0.3) is 0 Å². The molecule has 0 unspecified atom stereocenters. The topological polar surface area (TPSA) is 91.2 Å². The van der Waals surface area contributed by atoms with Crippen LogP contribution < -0.4 is 16.2 Å². The highest BCUT2D eigenvalue weighted by atomic mass is 19.4. The largest absolute Gasteiger partial charge is 0.438 e. The van der Waals surface area contributed by atoms with Gasteiger partial charge in [-0.2, -0.15) is 13.2 Å². The number of rotatable bonds is 3. The van der Waals surface area contributed by atoms with E-state index in [-0.39, 0.29) is 17.1 Å². The molecule has 0 aliphatic carbocycles. The number of carbonyl (C=O) groups is 1. The number of carbonyl (C=O) groups excluding carboxylic acids is 1. The SMILES string of the molecule is NC(=O)c1cccnc1Oc1ccc(N)cc1C(F)(F)F. The van der Waals surface area contributed by atoms with Crippen LogP contribution >= 0.6 is 0 Å². The monoisotopic (exact) mass is 297 g/mol. The number of nitrogen functional groups attached to an aromatic ring is 1. The van der Waals surface area contributed by atoms with Gasteiger partial charge in [-0.1, -0.05) is 0 Å². The van der Waals surface area contributed by atoms with Gasteiger partial charge in [0.15, 0.2) is 0 Å². The molecule has 1 heterocycles. The quantitative estimate of drug-likeness (QED) is 0.852. The number of pyridine rings is 1. The summed E-state index contributed by atoms with van der Waals surface area (Å²) < 4.78 is 43.9. The first-order valence-electron chi connectivity index (χ1n) is 5.68. The van der Waals surface area contributed by atoms with E-state index < -0.39 is 23.4 Å². The molecule has 8 heteroatoms. The first kappa shape index (κ1) is 14.6. The van der Waals surface area contributed by atoms with E-state index in [1.807, 2.05) is 0 Å². The van der Waals surface area contributed by atoms with Crippen LogP contribution in [0.15, 0.2) is 36.5 Å². The maximum atomic E-state index is 12.9. The maximum absolute atomic E-state index is 12.9. The number of primary amides is 1. The van der Waals surface area contributed by atoms with E-state index in [2.05, 4.69) is 4.98 Å². The Morgan fingerprint density at radius 2 is 1.95 bits per heavy atom. The van der Waals surface area contributed by atoms with Gasteiger partial charge >= 0.3 is 6.18 Å². The normalized spacial score (nSPS) is 11.2. The first-order chi connectivity index (χ1) is 9.79. The van der Waals surface area contributed by atoms with Crippen LogP contribution in [0.3, 0.4) is 0 Å². The number of benzene rings is 1. The van der Waals surface area contributed by atoms with Crippen molar-refractivity contribution in [1.29, 1.82) is 0 Å². The molecule has 0 saturated carbocycles. The summed E-state index contributed by atoms with van der Waals surface area (Å²) in [7, 11) is 0. The molecule has 0 aliphatic rings. The van der Waals surface area contributed by atoms with Crippen LogP contribution in [0.5, 0.6) is 11.6 Å². The van der Waals surface area contributed by atoms with Gasteiger partial charge in [0.25, 0.3) is 5.91 Å². The fourth-order valence-corrected chi connectivity index (χ4v) is 1.62. The molecule has 0 atom stereocenters. The molecule has 4 N–H and O–H groups in total. The average molecular weight is 297 g/mol. The van der Waals surface area contributed by atoms with Crippen molar-refractivity contribution in [3.63, 3.8) is 0 Å². The molecule has 1 amide bonds. The van der Waals surface area contributed by atoms with Gasteiger partial charge in [-0.25, -0.2) is 4.98 Å².